The van der Waals surface area contributed by atoms with Crippen LogP contribution >= 0.6 is 0 Å². The first kappa shape index (κ1) is 38.2. The van der Waals surface area contributed by atoms with Gasteiger partial charge in [0.15, 0.2) is 0 Å². The number of hydrogen-bond donors (Lipinski definition) is 1. The summed E-state index contributed by atoms with van der Waals surface area (Å²) in [4.78, 5) is 46.9. The highest BCUT2D eigenvalue weighted by Crippen LogP contribution is 2.48. The topological polar surface area (TPSA) is 110 Å². The lowest BCUT2D eigenvalue weighted by atomic mass is 9.93. The predicted octanol–water partition coefficient (Wildman–Crippen LogP) is 9.35. The van der Waals surface area contributed by atoms with Crippen molar-refractivity contribution in [1.29, 1.82) is 0 Å². The molecule has 0 saturated carbocycles. The summed E-state index contributed by atoms with van der Waals surface area (Å²) in [6.45, 7) is 5.59. The second kappa shape index (κ2) is 16.8. The van der Waals surface area contributed by atoms with Crippen molar-refractivity contribution in [2.24, 2.45) is 0 Å². The van der Waals surface area contributed by atoms with Gasteiger partial charge in [-0.3, -0.25) is 14.4 Å². The molecule has 0 aliphatic carbocycles. The van der Waals surface area contributed by atoms with Gasteiger partial charge < -0.3 is 28.8 Å². The highest BCUT2D eigenvalue weighted by molar-refractivity contribution is 6.08. The van der Waals surface area contributed by atoms with Crippen LogP contribution in [0.4, 0.5) is 5.69 Å². The Morgan fingerprint density at radius 2 is 1.59 bits per heavy atom. The number of aliphatic hydroxyl groups excluding tert-OH is 1. The number of aliphatic hydroxyl groups is 1. The zero-order valence-corrected chi connectivity index (χ0v) is 32.3. The second-order valence-electron chi connectivity index (χ2n) is 14.6. The largest absolute Gasteiger partial charge is 0.493 e. The molecule has 0 radical (unpaired) electrons. The summed E-state index contributed by atoms with van der Waals surface area (Å²) in [7, 11) is 0. The molecule has 8 rings (SSSR count). The average Bonchev–Trinajstić information content (AvgIpc) is 3.80. The van der Waals surface area contributed by atoms with Crippen molar-refractivity contribution >= 4 is 56.0 Å². The van der Waals surface area contributed by atoms with Gasteiger partial charge in [0, 0.05) is 48.6 Å². The Balaban J connectivity index is 1.32. The van der Waals surface area contributed by atoms with Gasteiger partial charge in [0.25, 0.3) is 5.91 Å². The molecule has 58 heavy (non-hydrogen) atoms. The zero-order chi connectivity index (χ0) is 40.2. The van der Waals surface area contributed by atoms with Crippen LogP contribution in [0.15, 0.2) is 151 Å². The summed E-state index contributed by atoms with van der Waals surface area (Å²) < 4.78 is 18.6. The summed E-state index contributed by atoms with van der Waals surface area (Å²) in [6.07, 6.45) is 1.44. The van der Waals surface area contributed by atoms with Gasteiger partial charge in [0.05, 0.1) is 31.7 Å². The van der Waals surface area contributed by atoms with Crippen molar-refractivity contribution in [2.75, 3.05) is 18.1 Å². The number of fused-ring (bicyclic) bond motifs is 4. The van der Waals surface area contributed by atoms with E-state index in [2.05, 4.69) is 6.58 Å². The Labute approximate surface area is 336 Å². The molecule has 0 bridgehead atoms. The molecule has 1 aliphatic heterocycles. The molecule has 1 aliphatic rings. The van der Waals surface area contributed by atoms with Gasteiger partial charge in [-0.2, -0.15) is 0 Å². The summed E-state index contributed by atoms with van der Waals surface area (Å²) in [5.41, 5.74) is 3.17. The van der Waals surface area contributed by atoms with Crippen LogP contribution in [-0.4, -0.2) is 53.1 Å². The maximum atomic E-state index is 15.5. The quantitative estimate of drug-likeness (QED) is 0.0667. The predicted molar refractivity (Wildman–Crippen MR) is 226 cm³/mol. The summed E-state index contributed by atoms with van der Waals surface area (Å²) >= 11 is 0. The van der Waals surface area contributed by atoms with Crippen molar-refractivity contribution in [1.82, 2.24) is 4.90 Å². The fourth-order valence-corrected chi connectivity index (χ4v) is 8.23. The molecule has 7 aromatic rings. The van der Waals surface area contributed by atoms with E-state index in [0.29, 0.717) is 40.3 Å². The monoisotopic (exact) mass is 772 g/mol. The van der Waals surface area contributed by atoms with Gasteiger partial charge in [0.1, 0.15) is 23.2 Å². The number of nitrogens with zero attached hydrogens (tertiary/aromatic N) is 2. The molecular formula is C49H44N2O7. The summed E-state index contributed by atoms with van der Waals surface area (Å²) in [5, 5.41) is 14.1. The fourth-order valence-electron chi connectivity index (χ4n) is 8.23. The Morgan fingerprint density at radius 3 is 2.36 bits per heavy atom. The van der Waals surface area contributed by atoms with Gasteiger partial charge in [-0.25, -0.2) is 0 Å². The van der Waals surface area contributed by atoms with E-state index in [1.807, 2.05) is 127 Å². The highest BCUT2D eigenvalue weighted by atomic mass is 16.5. The molecule has 6 aromatic carbocycles. The molecule has 2 amide bonds. The number of benzene rings is 6. The van der Waals surface area contributed by atoms with Crippen LogP contribution in [0.1, 0.15) is 53.1 Å². The number of carbonyl (C=O) groups excluding carboxylic acids is 3. The Bertz CT molecular complexity index is 2610. The van der Waals surface area contributed by atoms with E-state index >= 15 is 9.59 Å². The number of furan rings is 1. The van der Waals surface area contributed by atoms with Crippen LogP contribution in [0.2, 0.25) is 0 Å². The zero-order valence-electron chi connectivity index (χ0n) is 32.3. The number of carbonyl (C=O) groups is 3. The van der Waals surface area contributed by atoms with Crippen molar-refractivity contribution in [2.45, 2.75) is 50.9 Å². The SMILES string of the molecule is C=CCC(OC(C)=O)[C@@H]1[C@@H](N(Cc2cc3ccccc3o2)C(=O)c2cccc3ccccc23)c2cc(OCCCO)ccc2N1C(=O)Cc1ccc2ccccc2c1. The van der Waals surface area contributed by atoms with E-state index in [9.17, 15) is 9.90 Å². The number of rotatable bonds is 14. The minimum atomic E-state index is -0.898. The van der Waals surface area contributed by atoms with E-state index in [-0.39, 0.29) is 44.4 Å². The molecule has 1 unspecified atom stereocenters. The Morgan fingerprint density at radius 1 is 0.845 bits per heavy atom. The van der Waals surface area contributed by atoms with Crippen molar-refractivity contribution in [3.05, 3.63) is 169 Å². The number of esters is 1. The second-order valence-corrected chi connectivity index (χ2v) is 14.6. The standard InChI is InChI=1S/C49H44N2O7/c1-3-12-45(57-32(2)53)48-47(50(31-39-29-37-16-7-9-20-44(37)58-39)49(55)41-19-10-17-35-14-6-8-18-40(35)41)42-30-38(56-26-11-25-52)23-24-43(42)51(48)46(54)28-33-21-22-34-13-4-5-15-36(34)27-33/h3-10,13-24,27,29-30,45,47-48,52H,1,11-12,25-26,28,31H2,2H3/t45?,47-,48+/m0/s1. The first-order chi connectivity index (χ1) is 28.3. The lowest BCUT2D eigenvalue weighted by molar-refractivity contribution is -0.148. The molecule has 292 valence electrons. The normalized spacial score (nSPS) is 15.3. The highest BCUT2D eigenvalue weighted by Gasteiger charge is 2.51. The van der Waals surface area contributed by atoms with Gasteiger partial charge in [-0.15, -0.1) is 6.58 Å². The molecule has 0 saturated heterocycles. The van der Waals surface area contributed by atoms with Crippen LogP contribution < -0.4 is 9.64 Å². The van der Waals surface area contributed by atoms with Crippen LogP contribution in [-0.2, 0) is 27.3 Å². The number of amides is 2. The molecule has 1 aromatic heterocycles. The number of para-hydroxylation sites is 1. The van der Waals surface area contributed by atoms with Crippen LogP contribution in [0.5, 0.6) is 5.75 Å². The third kappa shape index (κ3) is 7.69. The molecule has 9 nitrogen and oxygen atoms in total. The van der Waals surface area contributed by atoms with Crippen LogP contribution in [0.3, 0.4) is 0 Å². The lowest BCUT2D eigenvalue weighted by Crippen LogP contribution is -2.53. The molecule has 3 atom stereocenters. The van der Waals surface area contributed by atoms with Crippen molar-refractivity contribution < 1.29 is 33.4 Å². The molecule has 0 fully saturated rings. The van der Waals surface area contributed by atoms with E-state index in [4.69, 9.17) is 13.9 Å². The molecule has 2 heterocycles. The van der Waals surface area contributed by atoms with Crippen LogP contribution in [0, 0.1) is 0 Å². The van der Waals surface area contributed by atoms with E-state index in [0.717, 1.165) is 32.5 Å². The third-order valence-electron chi connectivity index (χ3n) is 10.7. The summed E-state index contributed by atoms with van der Waals surface area (Å²) in [6, 6.07) is 40.6. The maximum Gasteiger partial charge on any atom is 0.302 e. The maximum absolute atomic E-state index is 15.5. The van der Waals surface area contributed by atoms with Gasteiger partial charge >= 0.3 is 5.97 Å². The molecule has 9 heteroatoms. The Hall–Kier alpha value is -6.71. The fraction of sp³-hybridized carbons (Fsp3) is 0.204. The number of anilines is 1. The minimum Gasteiger partial charge on any atom is -0.493 e. The molecule has 1 N–H and O–H groups in total. The lowest BCUT2D eigenvalue weighted by Gasteiger charge is -2.39. The average molecular weight is 773 g/mol. The first-order valence-electron chi connectivity index (χ1n) is 19.5. The smallest absolute Gasteiger partial charge is 0.302 e. The first-order valence-corrected chi connectivity index (χ1v) is 19.5. The molecular weight excluding hydrogens is 729 g/mol. The number of hydrogen-bond acceptors (Lipinski definition) is 7. The van der Waals surface area contributed by atoms with Gasteiger partial charge in [-0.05, 0) is 63.5 Å². The van der Waals surface area contributed by atoms with Gasteiger partial charge in [0.2, 0.25) is 5.91 Å². The van der Waals surface area contributed by atoms with Crippen molar-refractivity contribution in [3.63, 3.8) is 0 Å². The number of ether oxygens (including phenoxy) is 2. The van der Waals surface area contributed by atoms with Crippen molar-refractivity contribution in [3.8, 4) is 5.75 Å². The third-order valence-corrected chi connectivity index (χ3v) is 10.7. The van der Waals surface area contributed by atoms with Gasteiger partial charge in [-0.1, -0.05) is 103 Å². The Kier molecular flexibility index (Phi) is 11.1. The van der Waals surface area contributed by atoms with E-state index in [1.165, 1.54) is 6.92 Å². The summed E-state index contributed by atoms with van der Waals surface area (Å²) in [5.74, 6) is -0.0111. The van der Waals surface area contributed by atoms with Crippen LogP contribution in [0.25, 0.3) is 32.5 Å². The molecule has 0 spiro atoms. The van der Waals surface area contributed by atoms with E-state index in [1.54, 1.807) is 21.9 Å². The van der Waals surface area contributed by atoms with E-state index < -0.39 is 24.2 Å². The minimum absolute atomic E-state index is 0.0283.